The van der Waals surface area contributed by atoms with E-state index in [1.54, 1.807) is 0 Å². The van der Waals surface area contributed by atoms with Crippen molar-refractivity contribution < 1.29 is 15.0 Å². The van der Waals surface area contributed by atoms with Crippen molar-refractivity contribution in [2.24, 2.45) is 0 Å². The number of aliphatic hydroxyl groups excluding tert-OH is 2. The van der Waals surface area contributed by atoms with Crippen molar-refractivity contribution in [3.05, 3.63) is 122 Å². The Morgan fingerprint density at radius 3 is 0.917 bits per heavy atom. The van der Waals surface area contributed by atoms with Crippen LogP contribution in [-0.4, -0.2) is 34.9 Å². The Balaban J connectivity index is 3.58. The van der Waals surface area contributed by atoms with Crippen LogP contribution in [0.4, 0.5) is 0 Å². The molecule has 4 nitrogen and oxygen atoms in total. The van der Waals surface area contributed by atoms with Gasteiger partial charge in [0.15, 0.2) is 0 Å². The molecule has 0 rings (SSSR count). The smallest absolute Gasteiger partial charge is 0.220 e. The number of allylic oxidation sites excluding steroid dienone is 20. The summed E-state index contributed by atoms with van der Waals surface area (Å²) in [5.74, 6) is -0.0420. The van der Waals surface area contributed by atoms with Crippen molar-refractivity contribution in [2.75, 3.05) is 6.61 Å². The van der Waals surface area contributed by atoms with E-state index < -0.39 is 12.1 Å². The topological polar surface area (TPSA) is 69.6 Å². The summed E-state index contributed by atoms with van der Waals surface area (Å²) in [6.45, 7) is 4.25. The highest BCUT2D eigenvalue weighted by molar-refractivity contribution is 5.76. The van der Waals surface area contributed by atoms with Crippen LogP contribution in [0.1, 0.15) is 284 Å². The Hall–Kier alpha value is -3.21. The molecule has 72 heavy (non-hydrogen) atoms. The standard InChI is InChI=1S/C68H117NO3/c1-3-5-7-9-11-13-15-17-19-21-23-25-26-27-28-29-30-31-32-33-34-35-36-37-38-39-40-41-42-44-46-48-50-52-54-56-58-60-62-64-68(72)69-66(65-70)67(71)63-61-59-57-55-53-51-49-47-45-43-24-22-20-18-16-14-12-10-8-6-4-2/h5,7,11,13,17,19,23,25,27-28,30-31,33-34,36-37,39-40,42,44,66-67,70-71H,3-4,6,8-10,12,14-16,18,20-22,24,26,29,32,35,38,41,43,45-65H2,1-2H3,(H,69,72)/b7-5-,13-11-,19-17-,25-23-,28-27-,31-30-,34-33-,37-36-,40-39-,44-42-. The zero-order chi connectivity index (χ0) is 52.0. The minimum absolute atomic E-state index is 0.0420. The number of amides is 1. The number of aliphatic hydroxyl groups is 2. The molecule has 0 saturated heterocycles. The van der Waals surface area contributed by atoms with Gasteiger partial charge in [0.25, 0.3) is 0 Å². The minimum atomic E-state index is -0.672. The molecule has 0 fully saturated rings. The lowest BCUT2D eigenvalue weighted by atomic mass is 10.0. The largest absolute Gasteiger partial charge is 0.394 e. The number of rotatable bonds is 55. The predicted octanol–water partition coefficient (Wildman–Crippen LogP) is 20.8. The summed E-state index contributed by atoms with van der Waals surface area (Å²) in [5.41, 5.74) is 0. The fourth-order valence-corrected chi connectivity index (χ4v) is 8.86. The highest BCUT2D eigenvalue weighted by Gasteiger charge is 2.20. The lowest BCUT2D eigenvalue weighted by Crippen LogP contribution is -2.45. The lowest BCUT2D eigenvalue weighted by Gasteiger charge is -2.22. The maximum Gasteiger partial charge on any atom is 0.220 e. The fraction of sp³-hybridized carbons (Fsp3) is 0.691. The summed E-state index contributed by atoms with van der Waals surface area (Å²) in [7, 11) is 0. The van der Waals surface area contributed by atoms with Crippen molar-refractivity contribution in [1.29, 1.82) is 0 Å². The summed E-state index contributed by atoms with van der Waals surface area (Å²) in [4.78, 5) is 12.5. The van der Waals surface area contributed by atoms with Gasteiger partial charge in [-0.15, -0.1) is 0 Å². The Kier molecular flexibility index (Phi) is 59.3. The van der Waals surface area contributed by atoms with Crippen molar-refractivity contribution in [2.45, 2.75) is 296 Å². The van der Waals surface area contributed by atoms with Gasteiger partial charge in [-0.25, -0.2) is 0 Å². The molecule has 0 aromatic carbocycles. The van der Waals surface area contributed by atoms with E-state index in [0.717, 1.165) is 96.3 Å². The maximum atomic E-state index is 12.5. The second-order valence-electron chi connectivity index (χ2n) is 20.4. The third-order valence-corrected chi connectivity index (χ3v) is 13.5. The maximum absolute atomic E-state index is 12.5. The van der Waals surface area contributed by atoms with E-state index in [9.17, 15) is 15.0 Å². The number of hydrogen-bond acceptors (Lipinski definition) is 3. The number of carbonyl (C=O) groups is 1. The van der Waals surface area contributed by atoms with Gasteiger partial charge in [-0.2, -0.15) is 0 Å². The van der Waals surface area contributed by atoms with E-state index in [-0.39, 0.29) is 12.5 Å². The molecule has 0 heterocycles. The van der Waals surface area contributed by atoms with Crippen molar-refractivity contribution in [3.63, 3.8) is 0 Å². The molecule has 0 aromatic rings. The quantitative estimate of drug-likeness (QED) is 0.0420. The first-order chi connectivity index (χ1) is 35.7. The molecule has 0 aliphatic heterocycles. The molecule has 2 unspecified atom stereocenters. The molecule has 0 radical (unpaired) electrons. The lowest BCUT2D eigenvalue weighted by molar-refractivity contribution is -0.123. The van der Waals surface area contributed by atoms with Crippen molar-refractivity contribution in [3.8, 4) is 0 Å². The average molecular weight is 997 g/mol. The van der Waals surface area contributed by atoms with Crippen LogP contribution in [0.3, 0.4) is 0 Å². The van der Waals surface area contributed by atoms with Crippen LogP contribution in [0.2, 0.25) is 0 Å². The molecule has 2 atom stereocenters. The SMILES string of the molecule is CC/C=C\C/C=C\C/C=C\C/C=C\C/C=C\C/C=C\C/C=C\C/C=C\C/C=C\C/C=C\CCCCCCCCCCC(=O)NC(CO)C(O)CCCCCCCCCCCCCCCCCCCCCCC. The molecular formula is C68H117NO3. The van der Waals surface area contributed by atoms with E-state index >= 15 is 0 Å². The summed E-state index contributed by atoms with van der Waals surface area (Å²) in [6, 6.07) is -0.550. The van der Waals surface area contributed by atoms with Crippen molar-refractivity contribution >= 4 is 5.91 Å². The van der Waals surface area contributed by atoms with E-state index in [1.807, 2.05) is 0 Å². The van der Waals surface area contributed by atoms with Gasteiger partial charge in [-0.1, -0.05) is 309 Å². The fourth-order valence-electron chi connectivity index (χ4n) is 8.86. The first-order valence-corrected chi connectivity index (χ1v) is 30.7. The van der Waals surface area contributed by atoms with Crippen LogP contribution >= 0.6 is 0 Å². The first kappa shape index (κ1) is 68.8. The van der Waals surface area contributed by atoms with E-state index in [1.165, 1.54) is 161 Å². The number of nitrogens with one attached hydrogen (secondary N) is 1. The molecular weight excluding hydrogens is 879 g/mol. The molecule has 0 saturated carbocycles. The summed E-state index contributed by atoms with van der Waals surface area (Å²) in [5, 5.41) is 23.4. The van der Waals surface area contributed by atoms with Crippen LogP contribution in [0.5, 0.6) is 0 Å². The number of hydrogen-bond donors (Lipinski definition) is 3. The Bertz CT molecular complexity index is 1410. The first-order valence-electron chi connectivity index (χ1n) is 30.7. The second-order valence-corrected chi connectivity index (χ2v) is 20.4. The van der Waals surface area contributed by atoms with Gasteiger partial charge in [-0.05, 0) is 89.9 Å². The molecule has 0 bridgehead atoms. The van der Waals surface area contributed by atoms with Gasteiger partial charge >= 0.3 is 0 Å². The Morgan fingerprint density at radius 1 is 0.347 bits per heavy atom. The van der Waals surface area contributed by atoms with Crippen LogP contribution in [0.15, 0.2) is 122 Å². The van der Waals surface area contributed by atoms with E-state index in [2.05, 4.69) is 141 Å². The van der Waals surface area contributed by atoms with Crippen molar-refractivity contribution in [1.82, 2.24) is 5.32 Å². The van der Waals surface area contributed by atoms with Crippen LogP contribution in [-0.2, 0) is 4.79 Å². The number of unbranched alkanes of at least 4 members (excludes halogenated alkanes) is 28. The highest BCUT2D eigenvalue weighted by Crippen LogP contribution is 2.17. The molecule has 1 amide bonds. The van der Waals surface area contributed by atoms with Gasteiger partial charge < -0.3 is 15.5 Å². The molecule has 3 N–H and O–H groups in total. The summed E-state index contributed by atoms with van der Waals surface area (Å²) in [6.07, 6.45) is 94.8. The third-order valence-electron chi connectivity index (χ3n) is 13.5. The minimum Gasteiger partial charge on any atom is -0.394 e. The summed E-state index contributed by atoms with van der Waals surface area (Å²) >= 11 is 0. The van der Waals surface area contributed by atoms with Crippen LogP contribution < -0.4 is 5.32 Å². The van der Waals surface area contributed by atoms with Gasteiger partial charge in [0, 0.05) is 6.42 Å². The second kappa shape index (κ2) is 62.1. The summed E-state index contributed by atoms with van der Waals surface area (Å²) < 4.78 is 0. The molecule has 4 heteroatoms. The van der Waals surface area contributed by atoms with Gasteiger partial charge in [0.2, 0.25) is 5.91 Å². The van der Waals surface area contributed by atoms with Gasteiger partial charge in [-0.3, -0.25) is 4.79 Å². The molecule has 0 aliphatic rings. The zero-order valence-electron chi connectivity index (χ0n) is 47.4. The molecule has 412 valence electrons. The zero-order valence-corrected chi connectivity index (χ0v) is 47.4. The molecule has 0 aromatic heterocycles. The molecule has 0 aliphatic carbocycles. The third kappa shape index (κ3) is 57.7. The predicted molar refractivity (Wildman–Crippen MR) is 322 cm³/mol. The Labute approximate surface area is 448 Å². The highest BCUT2D eigenvalue weighted by atomic mass is 16.3. The number of carbonyl (C=O) groups excluding carboxylic acids is 1. The van der Waals surface area contributed by atoms with Crippen LogP contribution in [0.25, 0.3) is 0 Å². The monoisotopic (exact) mass is 996 g/mol. The average Bonchev–Trinajstić information content (AvgIpc) is 3.39. The van der Waals surface area contributed by atoms with E-state index in [0.29, 0.717) is 12.8 Å². The van der Waals surface area contributed by atoms with Gasteiger partial charge in [0.1, 0.15) is 0 Å². The Morgan fingerprint density at radius 2 is 0.611 bits per heavy atom. The van der Waals surface area contributed by atoms with Crippen LogP contribution in [0, 0.1) is 0 Å². The normalized spacial score (nSPS) is 13.7. The van der Waals surface area contributed by atoms with Gasteiger partial charge in [0.05, 0.1) is 18.8 Å². The molecule has 0 spiro atoms. The van der Waals surface area contributed by atoms with E-state index in [4.69, 9.17) is 0 Å².